The van der Waals surface area contributed by atoms with Crippen molar-refractivity contribution in [2.75, 3.05) is 4.90 Å². The number of nitrogens with zero attached hydrogens (tertiary/aromatic N) is 1. The number of benzene rings is 9. The van der Waals surface area contributed by atoms with Crippen LogP contribution in [0.2, 0.25) is 0 Å². The Labute approximate surface area is 333 Å². The molecule has 0 aliphatic carbocycles. The third-order valence-corrected chi connectivity index (χ3v) is 14.1. The fraction of sp³-hybridized carbons (Fsp3) is 0. The molecule has 57 heavy (non-hydrogen) atoms. The van der Waals surface area contributed by atoms with E-state index in [0.29, 0.717) is 0 Å². The molecule has 0 amide bonds. The molecule has 5 heteroatoms. The second kappa shape index (κ2) is 11.8. The number of hydrogen-bond acceptors (Lipinski definition) is 5. The third kappa shape index (κ3) is 4.52. The lowest BCUT2D eigenvalue weighted by atomic mass is 9.97. The van der Waals surface area contributed by atoms with Gasteiger partial charge in [-0.3, -0.25) is 0 Å². The van der Waals surface area contributed by atoms with Gasteiger partial charge in [-0.25, -0.2) is 0 Å². The molecule has 0 spiro atoms. The van der Waals surface area contributed by atoms with Crippen LogP contribution in [0.3, 0.4) is 0 Å². The number of furan rings is 2. The number of rotatable bonds is 4. The summed E-state index contributed by atoms with van der Waals surface area (Å²) >= 11 is 3.73. The van der Waals surface area contributed by atoms with Crippen molar-refractivity contribution in [1.82, 2.24) is 0 Å². The fourth-order valence-corrected chi connectivity index (χ4v) is 11.5. The van der Waals surface area contributed by atoms with Gasteiger partial charge in [-0.2, -0.15) is 0 Å². The van der Waals surface area contributed by atoms with E-state index in [2.05, 4.69) is 169 Å². The first kappa shape index (κ1) is 31.3. The molecule has 0 fully saturated rings. The van der Waals surface area contributed by atoms with Gasteiger partial charge < -0.3 is 13.7 Å². The molecule has 266 valence electrons. The molecule has 0 bridgehead atoms. The van der Waals surface area contributed by atoms with Crippen molar-refractivity contribution < 1.29 is 8.83 Å². The monoisotopic (exact) mass is 763 g/mol. The van der Waals surface area contributed by atoms with Crippen molar-refractivity contribution >= 4 is 135 Å². The quantitative estimate of drug-likeness (QED) is 0.179. The first-order chi connectivity index (χ1) is 28.2. The zero-order valence-corrected chi connectivity index (χ0v) is 32.0. The molecule has 4 heterocycles. The molecular formula is C52H29NO2S2. The van der Waals surface area contributed by atoms with Crippen molar-refractivity contribution in [1.29, 1.82) is 0 Å². The molecule has 0 N–H and O–H groups in total. The Hall–Kier alpha value is -6.92. The second-order valence-electron chi connectivity index (χ2n) is 14.8. The lowest BCUT2D eigenvalue weighted by molar-refractivity contribution is 0.669. The van der Waals surface area contributed by atoms with Gasteiger partial charge in [0.15, 0.2) is 0 Å². The maximum atomic E-state index is 6.63. The average molecular weight is 764 g/mol. The Morgan fingerprint density at radius 2 is 0.877 bits per heavy atom. The van der Waals surface area contributed by atoms with Crippen LogP contribution >= 0.6 is 22.7 Å². The number of anilines is 3. The van der Waals surface area contributed by atoms with E-state index in [1.165, 1.54) is 62.5 Å². The SMILES string of the molecule is c1ccc2c(c1)oc1ccc3ccc4oc5cc(-c6ccc(N(c7cccc8c7sc7ccccc78)c7cccc8c7sc7ccccc78)cc6)ccc5c4c3c12. The first-order valence-electron chi connectivity index (χ1n) is 19.2. The van der Waals surface area contributed by atoms with Crippen LogP contribution in [0.15, 0.2) is 185 Å². The Morgan fingerprint density at radius 3 is 1.53 bits per heavy atom. The zero-order valence-electron chi connectivity index (χ0n) is 30.3. The van der Waals surface area contributed by atoms with E-state index in [0.717, 1.165) is 60.7 Å². The van der Waals surface area contributed by atoms with Gasteiger partial charge in [-0.05, 0) is 83.2 Å². The number of hydrogen-bond donors (Lipinski definition) is 0. The van der Waals surface area contributed by atoms with E-state index >= 15 is 0 Å². The number of fused-ring (bicyclic) bond motifs is 15. The van der Waals surface area contributed by atoms with Crippen LogP contribution in [-0.2, 0) is 0 Å². The Bertz CT molecular complexity index is 3660. The Balaban J connectivity index is 0.978. The molecule has 0 unspecified atom stereocenters. The van der Waals surface area contributed by atoms with Crippen molar-refractivity contribution in [3.63, 3.8) is 0 Å². The Kier molecular flexibility index (Phi) is 6.48. The molecule has 4 aromatic heterocycles. The van der Waals surface area contributed by atoms with E-state index in [4.69, 9.17) is 8.83 Å². The normalized spacial score (nSPS) is 12.2. The summed E-state index contributed by atoms with van der Waals surface area (Å²) < 4.78 is 18.1. The molecule has 13 rings (SSSR count). The van der Waals surface area contributed by atoms with Crippen LogP contribution in [0.5, 0.6) is 0 Å². The van der Waals surface area contributed by atoms with Crippen molar-refractivity contribution in [3.8, 4) is 11.1 Å². The van der Waals surface area contributed by atoms with Gasteiger partial charge in [-0.15, -0.1) is 22.7 Å². The molecule has 0 saturated carbocycles. The molecular weight excluding hydrogens is 735 g/mol. The second-order valence-corrected chi connectivity index (χ2v) is 16.9. The molecule has 0 radical (unpaired) electrons. The predicted molar refractivity (Wildman–Crippen MR) is 244 cm³/mol. The van der Waals surface area contributed by atoms with Crippen LogP contribution in [-0.4, -0.2) is 0 Å². The highest BCUT2D eigenvalue weighted by Crippen LogP contribution is 2.49. The van der Waals surface area contributed by atoms with Gasteiger partial charge in [-0.1, -0.05) is 109 Å². The van der Waals surface area contributed by atoms with Crippen LogP contribution in [0, 0.1) is 0 Å². The summed E-state index contributed by atoms with van der Waals surface area (Å²) in [6, 6.07) is 63.4. The lowest BCUT2D eigenvalue weighted by Gasteiger charge is -2.27. The van der Waals surface area contributed by atoms with Crippen molar-refractivity contribution in [2.24, 2.45) is 0 Å². The average Bonchev–Trinajstić information content (AvgIpc) is 4.04. The summed E-state index contributed by atoms with van der Waals surface area (Å²) in [5, 5.41) is 12.0. The summed E-state index contributed by atoms with van der Waals surface area (Å²) in [4.78, 5) is 2.47. The first-order valence-corrected chi connectivity index (χ1v) is 20.8. The molecule has 0 saturated heterocycles. The van der Waals surface area contributed by atoms with Gasteiger partial charge in [0.05, 0.1) is 20.8 Å². The third-order valence-electron chi connectivity index (χ3n) is 11.7. The topological polar surface area (TPSA) is 29.5 Å². The van der Waals surface area contributed by atoms with Crippen molar-refractivity contribution in [2.45, 2.75) is 0 Å². The van der Waals surface area contributed by atoms with Crippen molar-refractivity contribution in [3.05, 3.63) is 176 Å². The van der Waals surface area contributed by atoms with E-state index in [9.17, 15) is 0 Å². The molecule has 0 atom stereocenters. The summed E-state index contributed by atoms with van der Waals surface area (Å²) in [6.45, 7) is 0. The maximum Gasteiger partial charge on any atom is 0.136 e. The zero-order chi connectivity index (χ0) is 37.2. The lowest BCUT2D eigenvalue weighted by Crippen LogP contribution is -2.10. The van der Waals surface area contributed by atoms with E-state index in [1.807, 2.05) is 34.8 Å². The number of thiophene rings is 2. The highest BCUT2D eigenvalue weighted by atomic mass is 32.1. The smallest absolute Gasteiger partial charge is 0.136 e. The van der Waals surface area contributed by atoms with Crippen LogP contribution in [0.1, 0.15) is 0 Å². The largest absolute Gasteiger partial charge is 0.456 e. The fourth-order valence-electron chi connectivity index (χ4n) is 9.10. The van der Waals surface area contributed by atoms with E-state index < -0.39 is 0 Å². The molecule has 0 aliphatic heterocycles. The maximum absolute atomic E-state index is 6.63. The summed E-state index contributed by atoms with van der Waals surface area (Å²) in [5.41, 5.74) is 9.27. The standard InChI is InChI=1S/C52H29NO2S2/c1-4-16-42-38(11-1)49-43(54-42)27-22-31-23-28-44-50(48(31)49)39-26-21-32(29-45(39)55-44)30-19-24-33(25-20-30)53(40-14-7-12-36-34-9-2-5-17-46(34)56-51(36)40)41-15-8-13-37-35-10-3-6-18-47(35)57-52(37)41/h1-29H. The Morgan fingerprint density at radius 1 is 0.351 bits per heavy atom. The van der Waals surface area contributed by atoms with Crippen LogP contribution < -0.4 is 4.90 Å². The minimum atomic E-state index is 0.874. The summed E-state index contributed by atoms with van der Waals surface area (Å²) in [7, 11) is 0. The van der Waals surface area contributed by atoms with E-state index in [-0.39, 0.29) is 0 Å². The summed E-state index contributed by atoms with van der Waals surface area (Å²) in [5.74, 6) is 0. The molecule has 13 aromatic rings. The minimum absolute atomic E-state index is 0.874. The molecule has 0 aliphatic rings. The van der Waals surface area contributed by atoms with Gasteiger partial charge in [0.2, 0.25) is 0 Å². The van der Waals surface area contributed by atoms with Crippen LogP contribution in [0.25, 0.3) is 106 Å². The summed E-state index contributed by atoms with van der Waals surface area (Å²) in [6.07, 6.45) is 0. The van der Waals surface area contributed by atoms with Gasteiger partial charge in [0, 0.05) is 63.6 Å². The highest BCUT2D eigenvalue weighted by molar-refractivity contribution is 7.27. The van der Waals surface area contributed by atoms with Gasteiger partial charge in [0.25, 0.3) is 0 Å². The van der Waals surface area contributed by atoms with Crippen LogP contribution in [0.4, 0.5) is 17.1 Å². The highest BCUT2D eigenvalue weighted by Gasteiger charge is 2.22. The minimum Gasteiger partial charge on any atom is -0.456 e. The molecule has 3 nitrogen and oxygen atoms in total. The van der Waals surface area contributed by atoms with Gasteiger partial charge in [0.1, 0.15) is 22.3 Å². The number of para-hydroxylation sites is 1. The van der Waals surface area contributed by atoms with E-state index in [1.54, 1.807) is 0 Å². The predicted octanol–water partition coefficient (Wildman–Crippen LogP) is 16.5. The van der Waals surface area contributed by atoms with Gasteiger partial charge >= 0.3 is 0 Å². The molecule has 9 aromatic carbocycles.